The van der Waals surface area contributed by atoms with Crippen LogP contribution in [-0.2, 0) is 0 Å². The minimum Gasteiger partial charge on any atom is -0.478 e. The average molecular weight is 284 g/mol. The molecule has 3 rings (SSSR count). The number of aromatic nitrogens is 1. The molecular formula is C17H20N2O2. The lowest BCUT2D eigenvalue weighted by atomic mass is 10.0. The fraction of sp³-hybridized carbons (Fsp3) is 0.412. The summed E-state index contributed by atoms with van der Waals surface area (Å²) in [7, 11) is 0. The van der Waals surface area contributed by atoms with Gasteiger partial charge in [0.1, 0.15) is 5.82 Å². The van der Waals surface area contributed by atoms with Gasteiger partial charge < -0.3 is 10.0 Å². The molecular weight excluding hydrogens is 264 g/mol. The van der Waals surface area contributed by atoms with Gasteiger partial charge in [0.25, 0.3) is 0 Å². The van der Waals surface area contributed by atoms with Crippen LogP contribution in [-0.4, -0.2) is 29.1 Å². The Balaban J connectivity index is 1.98. The van der Waals surface area contributed by atoms with Gasteiger partial charge in [0.05, 0.1) is 11.1 Å². The van der Waals surface area contributed by atoms with E-state index >= 15 is 0 Å². The monoisotopic (exact) mass is 284 g/mol. The van der Waals surface area contributed by atoms with Crippen LogP contribution < -0.4 is 4.90 Å². The maximum atomic E-state index is 11.5. The number of carbonyl (C=O) groups is 1. The molecule has 1 aliphatic heterocycles. The predicted octanol–water partition coefficient (Wildman–Crippen LogP) is 3.56. The third-order valence-electron chi connectivity index (χ3n) is 4.24. The lowest BCUT2D eigenvalue weighted by Crippen LogP contribution is -2.21. The number of hydrogen-bond donors (Lipinski definition) is 1. The van der Waals surface area contributed by atoms with E-state index in [1.807, 2.05) is 24.3 Å². The first-order valence-corrected chi connectivity index (χ1v) is 7.57. The first kappa shape index (κ1) is 13.9. The van der Waals surface area contributed by atoms with Crippen LogP contribution in [0.15, 0.2) is 30.3 Å². The number of benzene rings is 1. The van der Waals surface area contributed by atoms with Crippen molar-refractivity contribution in [1.29, 1.82) is 0 Å². The number of carboxylic acids is 1. The maximum Gasteiger partial charge on any atom is 0.336 e. The summed E-state index contributed by atoms with van der Waals surface area (Å²) >= 11 is 0. The van der Waals surface area contributed by atoms with Crippen LogP contribution in [0.2, 0.25) is 0 Å². The zero-order valence-corrected chi connectivity index (χ0v) is 12.2. The van der Waals surface area contributed by atoms with Gasteiger partial charge in [0.15, 0.2) is 0 Å². The van der Waals surface area contributed by atoms with Gasteiger partial charge >= 0.3 is 5.97 Å². The first-order valence-electron chi connectivity index (χ1n) is 7.57. The fourth-order valence-electron chi connectivity index (χ4n) is 3.18. The highest BCUT2D eigenvalue weighted by atomic mass is 16.4. The van der Waals surface area contributed by atoms with E-state index in [4.69, 9.17) is 0 Å². The van der Waals surface area contributed by atoms with E-state index in [1.54, 1.807) is 6.07 Å². The predicted molar refractivity (Wildman–Crippen MR) is 83.9 cm³/mol. The van der Waals surface area contributed by atoms with Crippen molar-refractivity contribution in [3.05, 3.63) is 35.9 Å². The highest BCUT2D eigenvalue weighted by Gasteiger charge is 2.24. The molecule has 4 nitrogen and oxygen atoms in total. The molecule has 110 valence electrons. The molecule has 1 aromatic carbocycles. The van der Waals surface area contributed by atoms with Gasteiger partial charge in [0.2, 0.25) is 0 Å². The maximum absolute atomic E-state index is 11.5. The Labute approximate surface area is 124 Å². The second-order valence-electron chi connectivity index (χ2n) is 5.74. The Morgan fingerprint density at radius 1 is 1.43 bits per heavy atom. The van der Waals surface area contributed by atoms with Crippen LogP contribution in [0.4, 0.5) is 5.82 Å². The van der Waals surface area contributed by atoms with Crippen molar-refractivity contribution >= 4 is 22.7 Å². The van der Waals surface area contributed by atoms with Crippen LogP contribution >= 0.6 is 0 Å². The Hall–Kier alpha value is -2.10. The molecule has 1 saturated heterocycles. The molecule has 0 bridgehead atoms. The van der Waals surface area contributed by atoms with Crippen LogP contribution in [0.3, 0.4) is 0 Å². The Morgan fingerprint density at radius 2 is 2.24 bits per heavy atom. The minimum atomic E-state index is -0.890. The molecule has 0 saturated carbocycles. The SMILES string of the molecule is CCCC1CCN(c2cc(C(=O)O)c3ccccc3n2)C1. The summed E-state index contributed by atoms with van der Waals surface area (Å²) in [6.45, 7) is 4.16. The summed E-state index contributed by atoms with van der Waals surface area (Å²) in [5.41, 5.74) is 1.10. The molecule has 1 atom stereocenters. The van der Waals surface area contributed by atoms with Gasteiger partial charge in [-0.2, -0.15) is 0 Å². The van der Waals surface area contributed by atoms with E-state index in [0.29, 0.717) is 16.9 Å². The van der Waals surface area contributed by atoms with E-state index < -0.39 is 5.97 Å². The Morgan fingerprint density at radius 3 is 3.00 bits per heavy atom. The number of aromatic carboxylic acids is 1. The summed E-state index contributed by atoms with van der Waals surface area (Å²) in [6.07, 6.45) is 3.60. The summed E-state index contributed by atoms with van der Waals surface area (Å²) in [6, 6.07) is 9.17. The number of pyridine rings is 1. The van der Waals surface area contributed by atoms with Gasteiger partial charge in [0, 0.05) is 18.5 Å². The highest BCUT2D eigenvalue weighted by molar-refractivity contribution is 6.03. The number of anilines is 1. The van der Waals surface area contributed by atoms with Crippen molar-refractivity contribution in [2.24, 2.45) is 5.92 Å². The van der Waals surface area contributed by atoms with Crippen LogP contribution in [0.25, 0.3) is 10.9 Å². The number of rotatable bonds is 4. The molecule has 4 heteroatoms. The van der Waals surface area contributed by atoms with Crippen LogP contribution in [0.1, 0.15) is 36.5 Å². The molecule has 1 aromatic heterocycles. The number of nitrogens with zero attached hydrogens (tertiary/aromatic N) is 2. The number of hydrogen-bond acceptors (Lipinski definition) is 3. The van der Waals surface area contributed by atoms with E-state index in [-0.39, 0.29) is 0 Å². The molecule has 0 aliphatic carbocycles. The molecule has 21 heavy (non-hydrogen) atoms. The average Bonchev–Trinajstić information content (AvgIpc) is 2.95. The van der Waals surface area contributed by atoms with E-state index in [0.717, 1.165) is 24.4 Å². The molecule has 0 amide bonds. The van der Waals surface area contributed by atoms with Crippen LogP contribution in [0, 0.1) is 5.92 Å². The zero-order valence-electron chi connectivity index (χ0n) is 12.2. The van der Waals surface area contributed by atoms with E-state index in [1.165, 1.54) is 19.3 Å². The number of carboxylic acid groups (broad SMARTS) is 1. The molecule has 0 radical (unpaired) electrons. The molecule has 0 spiro atoms. The smallest absolute Gasteiger partial charge is 0.336 e. The summed E-state index contributed by atoms with van der Waals surface area (Å²) in [4.78, 5) is 18.4. The van der Waals surface area contributed by atoms with E-state index in [9.17, 15) is 9.90 Å². The van der Waals surface area contributed by atoms with Crippen molar-refractivity contribution in [3.8, 4) is 0 Å². The number of fused-ring (bicyclic) bond motifs is 1. The molecule has 1 aliphatic rings. The summed E-state index contributed by atoms with van der Waals surface area (Å²) in [5, 5.41) is 10.1. The minimum absolute atomic E-state index is 0.342. The number of para-hydroxylation sites is 1. The van der Waals surface area contributed by atoms with Crippen molar-refractivity contribution in [2.75, 3.05) is 18.0 Å². The normalized spacial score (nSPS) is 18.3. The van der Waals surface area contributed by atoms with Crippen molar-refractivity contribution in [1.82, 2.24) is 4.98 Å². The lowest BCUT2D eigenvalue weighted by Gasteiger charge is -2.19. The topological polar surface area (TPSA) is 53.4 Å². The lowest BCUT2D eigenvalue weighted by molar-refractivity contribution is 0.0699. The first-order chi connectivity index (χ1) is 10.2. The Bertz CT molecular complexity index is 669. The van der Waals surface area contributed by atoms with Crippen molar-refractivity contribution in [2.45, 2.75) is 26.2 Å². The van der Waals surface area contributed by atoms with Gasteiger partial charge in [-0.05, 0) is 30.9 Å². The largest absolute Gasteiger partial charge is 0.478 e. The van der Waals surface area contributed by atoms with Gasteiger partial charge in [-0.25, -0.2) is 9.78 Å². The molecule has 1 fully saturated rings. The van der Waals surface area contributed by atoms with Gasteiger partial charge in [-0.3, -0.25) is 0 Å². The van der Waals surface area contributed by atoms with Gasteiger partial charge in [-0.1, -0.05) is 31.5 Å². The molecule has 2 aromatic rings. The molecule has 1 unspecified atom stereocenters. The third kappa shape index (κ3) is 2.71. The summed E-state index contributed by atoms with van der Waals surface area (Å²) < 4.78 is 0. The van der Waals surface area contributed by atoms with Gasteiger partial charge in [-0.15, -0.1) is 0 Å². The standard InChI is InChI=1S/C17H20N2O2/c1-2-5-12-8-9-19(11-12)16-10-14(17(20)21)13-6-3-4-7-15(13)18-16/h3-4,6-7,10,12H,2,5,8-9,11H2,1H3,(H,20,21). The summed E-state index contributed by atoms with van der Waals surface area (Å²) in [5.74, 6) is 0.611. The van der Waals surface area contributed by atoms with Crippen molar-refractivity contribution < 1.29 is 9.90 Å². The van der Waals surface area contributed by atoms with Crippen LogP contribution in [0.5, 0.6) is 0 Å². The Kier molecular flexibility index (Phi) is 3.78. The molecule has 1 N–H and O–H groups in total. The highest BCUT2D eigenvalue weighted by Crippen LogP contribution is 2.28. The molecule has 2 heterocycles. The van der Waals surface area contributed by atoms with E-state index in [2.05, 4.69) is 16.8 Å². The third-order valence-corrected chi connectivity index (χ3v) is 4.24. The van der Waals surface area contributed by atoms with Crippen molar-refractivity contribution in [3.63, 3.8) is 0 Å². The quantitative estimate of drug-likeness (QED) is 0.932. The fourth-order valence-corrected chi connectivity index (χ4v) is 3.18. The second kappa shape index (κ2) is 5.72. The zero-order chi connectivity index (χ0) is 14.8. The second-order valence-corrected chi connectivity index (χ2v) is 5.74.